The molecule has 1 aliphatic rings. The molecule has 0 heterocycles. The fourth-order valence-corrected chi connectivity index (χ4v) is 3.23. The van der Waals surface area contributed by atoms with Gasteiger partial charge < -0.3 is 14.6 Å². The number of aliphatic hydroxyl groups is 1. The summed E-state index contributed by atoms with van der Waals surface area (Å²) in [6.45, 7) is 6.73. The SMILES string of the molecule is C#CC[C@@]1(O)CC[C@H](C(C)(C)C)C[C@@H]1C(OC)OC. The average Bonchev–Trinajstić information content (AvgIpc) is 2.31. The van der Waals surface area contributed by atoms with E-state index in [0.29, 0.717) is 18.8 Å². The van der Waals surface area contributed by atoms with Gasteiger partial charge in [-0.1, -0.05) is 20.8 Å². The van der Waals surface area contributed by atoms with Crippen molar-refractivity contribution >= 4 is 0 Å². The van der Waals surface area contributed by atoms with E-state index in [9.17, 15) is 5.11 Å². The molecule has 19 heavy (non-hydrogen) atoms. The monoisotopic (exact) mass is 268 g/mol. The Balaban J connectivity index is 2.96. The van der Waals surface area contributed by atoms with Crippen LogP contribution in [0.2, 0.25) is 0 Å². The number of methoxy groups -OCH3 is 2. The lowest BCUT2D eigenvalue weighted by atomic mass is 9.62. The molecule has 1 aliphatic carbocycles. The minimum atomic E-state index is -0.868. The van der Waals surface area contributed by atoms with Gasteiger partial charge in [0.05, 0.1) is 5.60 Å². The van der Waals surface area contributed by atoms with E-state index < -0.39 is 11.9 Å². The molecule has 1 N–H and O–H groups in total. The van der Waals surface area contributed by atoms with Gasteiger partial charge >= 0.3 is 0 Å². The minimum absolute atomic E-state index is 0.0727. The van der Waals surface area contributed by atoms with Crippen molar-refractivity contribution in [2.75, 3.05) is 14.2 Å². The van der Waals surface area contributed by atoms with Crippen molar-refractivity contribution in [2.45, 2.75) is 58.3 Å². The van der Waals surface area contributed by atoms with E-state index in [-0.39, 0.29) is 11.3 Å². The fourth-order valence-electron chi connectivity index (χ4n) is 3.23. The molecule has 0 aromatic heterocycles. The van der Waals surface area contributed by atoms with Gasteiger partial charge in [0, 0.05) is 26.6 Å². The maximum atomic E-state index is 10.8. The molecule has 3 nitrogen and oxygen atoms in total. The van der Waals surface area contributed by atoms with Crippen LogP contribution in [0.15, 0.2) is 0 Å². The normalized spacial score (nSPS) is 32.3. The molecule has 0 aromatic rings. The Bertz CT molecular complexity index is 322. The average molecular weight is 268 g/mol. The molecule has 3 atom stereocenters. The summed E-state index contributed by atoms with van der Waals surface area (Å²) in [7, 11) is 3.23. The summed E-state index contributed by atoms with van der Waals surface area (Å²) in [6.07, 6.45) is 7.97. The quantitative estimate of drug-likeness (QED) is 0.629. The van der Waals surface area contributed by atoms with Crippen molar-refractivity contribution in [3.63, 3.8) is 0 Å². The van der Waals surface area contributed by atoms with Crippen molar-refractivity contribution < 1.29 is 14.6 Å². The molecule has 1 fully saturated rings. The molecular formula is C16H28O3. The zero-order valence-corrected chi connectivity index (χ0v) is 12.9. The summed E-state index contributed by atoms with van der Waals surface area (Å²) >= 11 is 0. The highest BCUT2D eigenvalue weighted by atomic mass is 16.7. The van der Waals surface area contributed by atoms with Crippen LogP contribution in [0.4, 0.5) is 0 Å². The van der Waals surface area contributed by atoms with Crippen LogP contribution in [-0.4, -0.2) is 31.2 Å². The predicted molar refractivity (Wildman–Crippen MR) is 76.5 cm³/mol. The zero-order valence-electron chi connectivity index (χ0n) is 12.9. The molecule has 0 aliphatic heterocycles. The van der Waals surface area contributed by atoms with Gasteiger partial charge in [0.2, 0.25) is 0 Å². The lowest BCUT2D eigenvalue weighted by Gasteiger charge is -2.48. The van der Waals surface area contributed by atoms with E-state index in [4.69, 9.17) is 15.9 Å². The standard InChI is InChI=1S/C16H28O3/c1-7-9-16(17)10-8-12(15(2,3)4)11-13(16)14(18-5)19-6/h1,12-14,17H,8-11H2,2-6H3/t12-,13+,16+/m0/s1. The van der Waals surface area contributed by atoms with Gasteiger partial charge in [-0.05, 0) is 30.6 Å². The summed E-state index contributed by atoms with van der Waals surface area (Å²) < 4.78 is 10.8. The molecule has 0 unspecified atom stereocenters. The minimum Gasteiger partial charge on any atom is -0.388 e. The summed E-state index contributed by atoms with van der Waals surface area (Å²) in [4.78, 5) is 0. The molecule has 0 spiro atoms. The van der Waals surface area contributed by atoms with E-state index in [0.717, 1.165) is 12.8 Å². The topological polar surface area (TPSA) is 38.7 Å². The molecule has 0 saturated heterocycles. The molecule has 1 saturated carbocycles. The van der Waals surface area contributed by atoms with Gasteiger partial charge in [-0.25, -0.2) is 0 Å². The Kier molecular flexibility index (Phi) is 5.43. The van der Waals surface area contributed by atoms with Crippen LogP contribution in [0.5, 0.6) is 0 Å². The van der Waals surface area contributed by atoms with Crippen molar-refractivity contribution in [3.05, 3.63) is 0 Å². The van der Waals surface area contributed by atoms with Crippen LogP contribution in [0.1, 0.15) is 46.5 Å². The lowest BCUT2D eigenvalue weighted by molar-refractivity contribution is -0.208. The maximum absolute atomic E-state index is 10.8. The fraction of sp³-hybridized carbons (Fsp3) is 0.875. The van der Waals surface area contributed by atoms with E-state index in [2.05, 4.69) is 26.7 Å². The Morgan fingerprint density at radius 3 is 2.37 bits per heavy atom. The molecular weight excluding hydrogens is 240 g/mol. The molecule has 0 amide bonds. The Hall–Kier alpha value is -0.560. The van der Waals surface area contributed by atoms with E-state index in [1.54, 1.807) is 14.2 Å². The Morgan fingerprint density at radius 1 is 1.37 bits per heavy atom. The first-order valence-electron chi connectivity index (χ1n) is 7.00. The van der Waals surface area contributed by atoms with Gasteiger partial charge in [-0.15, -0.1) is 12.3 Å². The molecule has 110 valence electrons. The third-order valence-corrected chi connectivity index (χ3v) is 4.58. The number of hydrogen-bond donors (Lipinski definition) is 1. The molecule has 0 aromatic carbocycles. The van der Waals surface area contributed by atoms with Gasteiger partial charge in [-0.2, -0.15) is 0 Å². The van der Waals surface area contributed by atoms with Gasteiger partial charge in [0.25, 0.3) is 0 Å². The Morgan fingerprint density at radius 2 is 1.95 bits per heavy atom. The first kappa shape index (κ1) is 16.5. The van der Waals surface area contributed by atoms with Gasteiger partial charge in [0.15, 0.2) is 6.29 Å². The van der Waals surface area contributed by atoms with E-state index in [1.165, 1.54) is 0 Å². The van der Waals surface area contributed by atoms with E-state index in [1.807, 2.05) is 0 Å². The first-order chi connectivity index (χ1) is 8.78. The third-order valence-electron chi connectivity index (χ3n) is 4.58. The summed E-state index contributed by atoms with van der Waals surface area (Å²) in [5.41, 5.74) is -0.644. The van der Waals surface area contributed by atoms with Crippen LogP contribution in [-0.2, 0) is 9.47 Å². The van der Waals surface area contributed by atoms with Crippen LogP contribution in [0.3, 0.4) is 0 Å². The zero-order chi connectivity index (χ0) is 14.7. The highest BCUT2D eigenvalue weighted by Gasteiger charge is 2.48. The van der Waals surface area contributed by atoms with Crippen LogP contribution in [0, 0.1) is 29.6 Å². The smallest absolute Gasteiger partial charge is 0.162 e. The van der Waals surface area contributed by atoms with Gasteiger partial charge in [-0.3, -0.25) is 0 Å². The second kappa shape index (κ2) is 6.26. The number of hydrogen-bond acceptors (Lipinski definition) is 3. The molecule has 0 radical (unpaired) electrons. The highest BCUT2D eigenvalue weighted by molar-refractivity contribution is 5.03. The van der Waals surface area contributed by atoms with Crippen molar-refractivity contribution in [2.24, 2.45) is 17.3 Å². The predicted octanol–water partition coefficient (Wildman–Crippen LogP) is 2.82. The van der Waals surface area contributed by atoms with Crippen LogP contribution in [0.25, 0.3) is 0 Å². The lowest BCUT2D eigenvalue weighted by Crippen LogP contribution is -2.51. The second-order valence-corrected chi connectivity index (χ2v) is 6.77. The molecule has 0 bridgehead atoms. The Labute approximate surface area is 117 Å². The third kappa shape index (κ3) is 3.72. The number of ether oxygens (including phenoxy) is 2. The van der Waals surface area contributed by atoms with Crippen LogP contribution < -0.4 is 0 Å². The highest BCUT2D eigenvalue weighted by Crippen LogP contribution is 2.47. The molecule has 1 rings (SSSR count). The van der Waals surface area contributed by atoms with Gasteiger partial charge in [0.1, 0.15) is 0 Å². The summed E-state index contributed by atoms with van der Waals surface area (Å²) in [5, 5.41) is 10.8. The van der Waals surface area contributed by atoms with Crippen molar-refractivity contribution in [1.29, 1.82) is 0 Å². The molecule has 3 heteroatoms. The van der Waals surface area contributed by atoms with Crippen molar-refractivity contribution in [1.82, 2.24) is 0 Å². The maximum Gasteiger partial charge on any atom is 0.162 e. The number of rotatable bonds is 4. The van der Waals surface area contributed by atoms with Crippen molar-refractivity contribution in [3.8, 4) is 12.3 Å². The summed E-state index contributed by atoms with van der Waals surface area (Å²) in [6, 6.07) is 0. The second-order valence-electron chi connectivity index (χ2n) is 6.77. The first-order valence-corrected chi connectivity index (χ1v) is 7.00. The number of terminal acetylenes is 1. The largest absolute Gasteiger partial charge is 0.388 e. The van der Waals surface area contributed by atoms with Crippen LogP contribution >= 0.6 is 0 Å². The summed E-state index contributed by atoms with van der Waals surface area (Å²) in [5.74, 6) is 3.08. The van der Waals surface area contributed by atoms with E-state index >= 15 is 0 Å².